The maximum Gasteiger partial charge on any atom is 0.126 e. The van der Waals surface area contributed by atoms with Crippen LogP contribution in [0.5, 0.6) is 11.5 Å². The second kappa shape index (κ2) is 8.03. The zero-order chi connectivity index (χ0) is 21.5. The van der Waals surface area contributed by atoms with Crippen molar-refractivity contribution >= 4 is 5.57 Å². The van der Waals surface area contributed by atoms with Gasteiger partial charge in [-0.3, -0.25) is 0 Å². The molecule has 2 aromatic rings. The Bertz CT molecular complexity index is 898. The van der Waals surface area contributed by atoms with Gasteiger partial charge in [-0.25, -0.2) is 8.78 Å². The monoisotopic (exact) mass is 414 g/mol. The van der Waals surface area contributed by atoms with Gasteiger partial charge in [-0.2, -0.15) is 0 Å². The van der Waals surface area contributed by atoms with Crippen LogP contribution >= 0.6 is 0 Å². The molecule has 0 radical (unpaired) electrons. The van der Waals surface area contributed by atoms with Gasteiger partial charge in [0.15, 0.2) is 0 Å². The summed E-state index contributed by atoms with van der Waals surface area (Å²) in [5.74, 6) is 0.750. The summed E-state index contributed by atoms with van der Waals surface area (Å²) in [5.41, 5.74) is 2.00. The summed E-state index contributed by atoms with van der Waals surface area (Å²) < 4.78 is 40.6. The fraction of sp³-hybridized carbons (Fsp3) is 0.440. The summed E-state index contributed by atoms with van der Waals surface area (Å²) in [7, 11) is 7.79. The van der Waals surface area contributed by atoms with E-state index < -0.39 is 0 Å². The van der Waals surface area contributed by atoms with E-state index in [9.17, 15) is 8.78 Å². The average Bonchev–Trinajstić information content (AvgIpc) is 2.88. The lowest BCUT2D eigenvalue weighted by Crippen LogP contribution is -2.54. The number of methoxy groups -OCH3 is 2. The number of quaternary nitrogens is 1. The lowest BCUT2D eigenvalue weighted by molar-refractivity contribution is -0.931. The van der Waals surface area contributed by atoms with Gasteiger partial charge in [0.25, 0.3) is 0 Å². The predicted octanol–water partition coefficient (Wildman–Crippen LogP) is 5.43. The topological polar surface area (TPSA) is 18.5 Å². The molecule has 0 unspecified atom stereocenters. The molecule has 2 aliphatic rings. The first-order chi connectivity index (χ1) is 14.3. The standard InChI is InChI=1S/C25H30F2NO2/c1-28(2)19-7-8-20(28)12-16(11-19)13-21(22-14-17(26)5-9-24(22)29-3)23-15-18(27)6-10-25(23)30-4/h5-6,9-10,13-16,19-20H,7-8,11-12H2,1-4H3/q+1/t19-,20-/m0/s1. The summed E-state index contributed by atoms with van der Waals surface area (Å²) in [6.45, 7) is 0. The van der Waals surface area contributed by atoms with Crippen molar-refractivity contribution in [1.29, 1.82) is 0 Å². The summed E-state index contributed by atoms with van der Waals surface area (Å²) >= 11 is 0. The van der Waals surface area contributed by atoms with E-state index in [4.69, 9.17) is 9.47 Å². The van der Waals surface area contributed by atoms with Gasteiger partial charge in [0.05, 0.1) is 40.4 Å². The number of halogens is 2. The zero-order valence-corrected chi connectivity index (χ0v) is 18.1. The van der Waals surface area contributed by atoms with Gasteiger partial charge in [0.2, 0.25) is 0 Å². The minimum atomic E-state index is -0.353. The van der Waals surface area contributed by atoms with Crippen LogP contribution in [0.25, 0.3) is 5.57 Å². The van der Waals surface area contributed by atoms with Crippen molar-refractivity contribution in [3.63, 3.8) is 0 Å². The van der Waals surface area contributed by atoms with E-state index in [1.165, 1.54) is 37.1 Å². The number of benzene rings is 2. The van der Waals surface area contributed by atoms with Crippen LogP contribution < -0.4 is 9.47 Å². The molecule has 2 bridgehead atoms. The molecular weight excluding hydrogens is 384 g/mol. The molecule has 0 amide bonds. The van der Waals surface area contributed by atoms with Gasteiger partial charge in [0, 0.05) is 36.8 Å². The van der Waals surface area contributed by atoms with Gasteiger partial charge in [0.1, 0.15) is 23.1 Å². The van der Waals surface area contributed by atoms with Crippen molar-refractivity contribution in [2.24, 2.45) is 5.92 Å². The molecule has 0 spiro atoms. The number of allylic oxidation sites excluding steroid dienone is 1. The Morgan fingerprint density at radius 3 is 1.77 bits per heavy atom. The number of rotatable bonds is 5. The maximum absolute atomic E-state index is 14.2. The zero-order valence-electron chi connectivity index (χ0n) is 18.1. The maximum atomic E-state index is 14.2. The highest BCUT2D eigenvalue weighted by atomic mass is 19.1. The molecule has 4 rings (SSSR count). The third kappa shape index (κ3) is 3.71. The van der Waals surface area contributed by atoms with E-state index in [1.807, 2.05) is 0 Å². The molecule has 160 valence electrons. The van der Waals surface area contributed by atoms with Crippen molar-refractivity contribution in [2.75, 3.05) is 28.3 Å². The van der Waals surface area contributed by atoms with Crippen molar-refractivity contribution in [3.05, 3.63) is 65.2 Å². The van der Waals surface area contributed by atoms with Crippen LogP contribution in [-0.2, 0) is 0 Å². The Morgan fingerprint density at radius 1 is 0.867 bits per heavy atom. The lowest BCUT2D eigenvalue weighted by atomic mass is 9.84. The molecule has 0 aromatic heterocycles. The van der Waals surface area contributed by atoms with E-state index in [-0.39, 0.29) is 11.6 Å². The average molecular weight is 415 g/mol. The van der Waals surface area contributed by atoms with Crippen LogP contribution in [0.15, 0.2) is 42.5 Å². The fourth-order valence-electron chi connectivity index (χ4n) is 5.40. The van der Waals surface area contributed by atoms with Crippen molar-refractivity contribution in [1.82, 2.24) is 0 Å². The summed E-state index contributed by atoms with van der Waals surface area (Å²) in [6.07, 6.45) is 6.82. The van der Waals surface area contributed by atoms with Gasteiger partial charge in [-0.1, -0.05) is 6.08 Å². The van der Waals surface area contributed by atoms with Crippen LogP contribution in [0, 0.1) is 17.6 Å². The Hall–Kier alpha value is -2.40. The fourth-order valence-corrected chi connectivity index (χ4v) is 5.40. The quantitative estimate of drug-likeness (QED) is 0.608. The van der Waals surface area contributed by atoms with E-state index in [0.29, 0.717) is 40.6 Å². The molecular formula is C25H30F2NO2+. The van der Waals surface area contributed by atoms with Crippen LogP contribution in [0.2, 0.25) is 0 Å². The largest absolute Gasteiger partial charge is 0.496 e. The minimum absolute atomic E-state index is 0.338. The molecule has 2 atom stereocenters. The predicted molar refractivity (Wildman–Crippen MR) is 115 cm³/mol. The third-order valence-electron chi connectivity index (χ3n) is 7.17. The summed E-state index contributed by atoms with van der Waals surface area (Å²) in [5, 5.41) is 0. The molecule has 0 aliphatic carbocycles. The molecule has 2 aromatic carbocycles. The number of hydrogen-bond donors (Lipinski definition) is 0. The second-order valence-electron chi connectivity index (χ2n) is 9.02. The Balaban J connectivity index is 1.85. The molecule has 2 aliphatic heterocycles. The number of nitrogens with zero attached hydrogens (tertiary/aromatic N) is 1. The molecule has 3 nitrogen and oxygen atoms in total. The summed E-state index contributed by atoms with van der Waals surface area (Å²) in [4.78, 5) is 0. The minimum Gasteiger partial charge on any atom is -0.496 e. The Kier molecular flexibility index (Phi) is 5.58. The van der Waals surface area contributed by atoms with Crippen molar-refractivity contribution < 1.29 is 22.7 Å². The van der Waals surface area contributed by atoms with Gasteiger partial charge < -0.3 is 14.0 Å². The first-order valence-electron chi connectivity index (χ1n) is 10.6. The third-order valence-corrected chi connectivity index (χ3v) is 7.17. The molecule has 2 fully saturated rings. The lowest BCUT2D eigenvalue weighted by Gasteiger charge is -2.44. The molecule has 2 saturated heterocycles. The summed E-state index contributed by atoms with van der Waals surface area (Å²) in [6, 6.07) is 10.2. The second-order valence-corrected chi connectivity index (χ2v) is 9.02. The highest BCUT2D eigenvalue weighted by Crippen LogP contribution is 2.45. The molecule has 0 saturated carbocycles. The van der Waals surface area contributed by atoms with E-state index in [0.717, 1.165) is 22.9 Å². The molecule has 0 N–H and O–H groups in total. The van der Waals surface area contributed by atoms with Gasteiger partial charge in [-0.15, -0.1) is 0 Å². The van der Waals surface area contributed by atoms with Crippen LogP contribution in [-0.4, -0.2) is 44.9 Å². The number of hydrogen-bond acceptors (Lipinski definition) is 2. The Labute approximate surface area is 177 Å². The first-order valence-corrected chi connectivity index (χ1v) is 10.6. The van der Waals surface area contributed by atoms with E-state index in [2.05, 4.69) is 20.2 Å². The highest BCUT2D eigenvalue weighted by Gasteiger charge is 2.48. The molecule has 5 heteroatoms. The molecule has 30 heavy (non-hydrogen) atoms. The van der Waals surface area contributed by atoms with E-state index in [1.54, 1.807) is 26.4 Å². The van der Waals surface area contributed by atoms with E-state index >= 15 is 0 Å². The number of ether oxygens (including phenoxy) is 2. The number of fused-ring (bicyclic) bond motifs is 2. The SMILES string of the molecule is COc1ccc(F)cc1C(=CC1C[C@@H]2CC[C@@H](C1)[N+]2(C)C)c1cc(F)ccc1OC. The van der Waals surface area contributed by atoms with Gasteiger partial charge >= 0.3 is 0 Å². The van der Waals surface area contributed by atoms with Crippen LogP contribution in [0.3, 0.4) is 0 Å². The normalized spacial score (nSPS) is 24.4. The highest BCUT2D eigenvalue weighted by molar-refractivity contribution is 5.85. The first kappa shape index (κ1) is 20.9. The van der Waals surface area contributed by atoms with Crippen LogP contribution in [0.4, 0.5) is 8.78 Å². The molecule has 2 heterocycles. The van der Waals surface area contributed by atoms with Crippen LogP contribution in [0.1, 0.15) is 36.8 Å². The van der Waals surface area contributed by atoms with Crippen molar-refractivity contribution in [2.45, 2.75) is 37.8 Å². The number of piperidine rings is 1. The van der Waals surface area contributed by atoms with Crippen molar-refractivity contribution in [3.8, 4) is 11.5 Å². The Morgan fingerprint density at radius 2 is 1.33 bits per heavy atom. The van der Waals surface area contributed by atoms with Gasteiger partial charge in [-0.05, 0) is 47.9 Å². The smallest absolute Gasteiger partial charge is 0.126 e.